The fourth-order valence-corrected chi connectivity index (χ4v) is 2.90. The molecule has 8 nitrogen and oxygen atoms in total. The summed E-state index contributed by atoms with van der Waals surface area (Å²) in [4.78, 5) is 25.2. The maximum absolute atomic E-state index is 13.0. The van der Waals surface area contributed by atoms with Crippen LogP contribution in [0.5, 0.6) is 0 Å². The predicted octanol–water partition coefficient (Wildman–Crippen LogP) is 1.98. The fraction of sp³-hybridized carbons (Fsp3) is 0.611. The van der Waals surface area contributed by atoms with Gasteiger partial charge in [0.15, 0.2) is 0 Å². The van der Waals surface area contributed by atoms with Crippen LogP contribution in [-0.4, -0.2) is 46.8 Å². The van der Waals surface area contributed by atoms with Crippen LogP contribution in [0.4, 0.5) is 13.2 Å². The van der Waals surface area contributed by atoms with Gasteiger partial charge in [0.25, 0.3) is 5.56 Å². The molecular weight excluding hydrogens is 429 g/mol. The van der Waals surface area contributed by atoms with Crippen molar-refractivity contribution in [3.63, 3.8) is 0 Å². The molecule has 1 aliphatic heterocycles. The van der Waals surface area contributed by atoms with Gasteiger partial charge in [-0.2, -0.15) is 13.2 Å². The van der Waals surface area contributed by atoms with Crippen LogP contribution in [0.15, 0.2) is 15.8 Å². The average Bonchev–Trinajstić information content (AvgIpc) is 3.06. The number of ether oxygens (including phenoxy) is 4. The third kappa shape index (κ3) is 6.32. The van der Waals surface area contributed by atoms with E-state index >= 15 is 0 Å². The second-order valence-electron chi connectivity index (χ2n) is 6.39. The van der Waals surface area contributed by atoms with Gasteiger partial charge in [0.2, 0.25) is 0 Å². The number of alkyl halides is 3. The Morgan fingerprint density at radius 2 is 2.17 bits per heavy atom. The van der Waals surface area contributed by atoms with Crippen molar-refractivity contribution in [3.8, 4) is 12.3 Å². The molecule has 0 amide bonds. The van der Waals surface area contributed by atoms with Gasteiger partial charge in [0.1, 0.15) is 31.1 Å². The largest absolute Gasteiger partial charge is 0.457 e. The Morgan fingerprint density at radius 1 is 1.43 bits per heavy atom. The Morgan fingerprint density at radius 3 is 2.80 bits per heavy atom. The SMILES string of the molecule is C#CCO[C@H]1C[C@H](n2cc(C(F)(F)F)c(=O)[nH]c2=O)O[C@@H]1COC(=S)OCCCC. The molecule has 0 unspecified atom stereocenters. The number of aromatic amines is 1. The lowest BCUT2D eigenvalue weighted by molar-refractivity contribution is -0.139. The van der Waals surface area contributed by atoms with Gasteiger partial charge in [-0.3, -0.25) is 14.3 Å². The van der Waals surface area contributed by atoms with E-state index in [9.17, 15) is 22.8 Å². The van der Waals surface area contributed by atoms with E-state index in [-0.39, 0.29) is 24.9 Å². The molecule has 3 atom stereocenters. The summed E-state index contributed by atoms with van der Waals surface area (Å²) in [7, 11) is 0. The summed E-state index contributed by atoms with van der Waals surface area (Å²) in [6.07, 6.45) is -0.237. The Kier molecular flexibility index (Phi) is 8.45. The summed E-state index contributed by atoms with van der Waals surface area (Å²) >= 11 is 4.95. The molecule has 0 aliphatic carbocycles. The minimum atomic E-state index is -4.94. The molecule has 1 N–H and O–H groups in total. The van der Waals surface area contributed by atoms with Gasteiger partial charge >= 0.3 is 17.1 Å². The predicted molar refractivity (Wildman–Crippen MR) is 103 cm³/mol. The monoisotopic (exact) mass is 450 g/mol. The van der Waals surface area contributed by atoms with E-state index in [2.05, 4.69) is 5.92 Å². The second kappa shape index (κ2) is 10.6. The number of hydrogen-bond donors (Lipinski definition) is 1. The Hall–Kier alpha value is -2.36. The van der Waals surface area contributed by atoms with Crippen molar-refractivity contribution in [1.82, 2.24) is 9.55 Å². The van der Waals surface area contributed by atoms with Crippen LogP contribution in [0.1, 0.15) is 38.0 Å². The van der Waals surface area contributed by atoms with E-state index in [0.29, 0.717) is 17.4 Å². The van der Waals surface area contributed by atoms with Crippen LogP contribution >= 0.6 is 12.2 Å². The van der Waals surface area contributed by atoms with E-state index in [1.54, 1.807) is 4.98 Å². The van der Waals surface area contributed by atoms with Crippen molar-refractivity contribution in [1.29, 1.82) is 0 Å². The lowest BCUT2D eigenvalue weighted by Gasteiger charge is -2.19. The number of unbranched alkanes of at least 4 members (excludes halogenated alkanes) is 1. The molecule has 1 fully saturated rings. The number of halogens is 3. The van der Waals surface area contributed by atoms with Crippen LogP contribution in [0, 0.1) is 12.3 Å². The first-order valence-corrected chi connectivity index (χ1v) is 9.51. The number of rotatable bonds is 8. The zero-order chi connectivity index (χ0) is 22.3. The fourth-order valence-electron chi connectivity index (χ4n) is 2.74. The number of nitrogens with one attached hydrogen (secondary N) is 1. The van der Waals surface area contributed by atoms with E-state index in [1.165, 1.54) is 0 Å². The number of terminal acetylenes is 1. The molecule has 2 rings (SSSR count). The van der Waals surface area contributed by atoms with Crippen molar-refractivity contribution >= 4 is 17.5 Å². The molecule has 1 aromatic heterocycles. The normalized spacial score (nSPS) is 21.2. The lowest BCUT2D eigenvalue weighted by Crippen LogP contribution is -2.36. The minimum Gasteiger partial charge on any atom is -0.457 e. The Labute approximate surface area is 175 Å². The molecule has 0 aromatic carbocycles. The van der Waals surface area contributed by atoms with Crippen LogP contribution in [0.3, 0.4) is 0 Å². The number of nitrogens with zero attached hydrogens (tertiary/aromatic N) is 1. The van der Waals surface area contributed by atoms with Gasteiger partial charge in [-0.25, -0.2) is 4.79 Å². The first-order chi connectivity index (χ1) is 14.2. The zero-order valence-electron chi connectivity index (χ0n) is 16.1. The highest BCUT2D eigenvalue weighted by Crippen LogP contribution is 2.32. The van der Waals surface area contributed by atoms with Crippen molar-refractivity contribution in [2.24, 2.45) is 0 Å². The zero-order valence-corrected chi connectivity index (χ0v) is 16.9. The van der Waals surface area contributed by atoms with Crippen LogP contribution in [0.25, 0.3) is 0 Å². The molecule has 2 heterocycles. The highest BCUT2D eigenvalue weighted by Gasteiger charge is 2.40. The highest BCUT2D eigenvalue weighted by molar-refractivity contribution is 7.79. The molecule has 1 aliphatic rings. The number of aromatic nitrogens is 2. The van der Waals surface area contributed by atoms with Crippen molar-refractivity contribution in [2.75, 3.05) is 19.8 Å². The lowest BCUT2D eigenvalue weighted by atomic mass is 10.2. The standard InChI is InChI=1S/C18H21F3N2O6S/c1-3-5-7-27-17(30)28-10-13-12(26-6-4-2)8-14(29-13)23-9-11(18(19,20)21)15(24)22-16(23)25/h2,9,12-14H,3,5-8,10H2,1H3,(H,22,24,25)/t12-,13+,14+/m0/s1. The molecule has 30 heavy (non-hydrogen) atoms. The smallest absolute Gasteiger partial charge is 0.423 e. The number of thiocarbonyl (C=S) groups is 1. The van der Waals surface area contributed by atoms with Gasteiger partial charge in [-0.15, -0.1) is 6.42 Å². The average molecular weight is 450 g/mol. The third-order valence-corrected chi connectivity index (χ3v) is 4.46. The van der Waals surface area contributed by atoms with Gasteiger partial charge < -0.3 is 18.9 Å². The maximum atomic E-state index is 13.0. The second-order valence-corrected chi connectivity index (χ2v) is 6.72. The summed E-state index contributed by atoms with van der Waals surface area (Å²) in [5, 5.41) is -0.105. The van der Waals surface area contributed by atoms with Crippen molar-refractivity contribution < 1.29 is 32.1 Å². The van der Waals surface area contributed by atoms with Gasteiger partial charge in [0.05, 0.1) is 12.7 Å². The summed E-state index contributed by atoms with van der Waals surface area (Å²) < 4.78 is 61.4. The van der Waals surface area contributed by atoms with Crippen molar-refractivity contribution in [2.45, 2.75) is 50.8 Å². The summed E-state index contributed by atoms with van der Waals surface area (Å²) in [6.45, 7) is 2.16. The van der Waals surface area contributed by atoms with E-state index in [0.717, 1.165) is 12.8 Å². The Balaban J connectivity index is 2.15. The van der Waals surface area contributed by atoms with Crippen molar-refractivity contribution in [3.05, 3.63) is 32.6 Å². The maximum Gasteiger partial charge on any atom is 0.423 e. The number of H-pyrrole nitrogens is 1. The van der Waals surface area contributed by atoms with Gasteiger partial charge in [-0.1, -0.05) is 19.3 Å². The van der Waals surface area contributed by atoms with E-state index in [1.807, 2.05) is 6.92 Å². The third-order valence-electron chi connectivity index (χ3n) is 4.23. The summed E-state index contributed by atoms with van der Waals surface area (Å²) in [5.74, 6) is 2.28. The van der Waals surface area contributed by atoms with E-state index < -0.39 is 41.4 Å². The molecule has 0 radical (unpaired) electrons. The minimum absolute atomic E-state index is 0.00239. The van der Waals surface area contributed by atoms with Crippen LogP contribution < -0.4 is 11.2 Å². The molecule has 0 saturated carbocycles. The molecule has 0 bridgehead atoms. The first-order valence-electron chi connectivity index (χ1n) is 9.10. The van der Waals surface area contributed by atoms with Gasteiger partial charge in [-0.05, 0) is 6.42 Å². The molecule has 166 valence electrons. The molecule has 12 heteroatoms. The molecule has 1 aromatic rings. The summed E-state index contributed by atoms with van der Waals surface area (Å²) in [6, 6.07) is 0. The molecule has 0 spiro atoms. The van der Waals surface area contributed by atoms with Crippen LogP contribution in [-0.2, 0) is 25.1 Å². The number of hydrogen-bond acceptors (Lipinski definition) is 7. The molecular formula is C18H21F3N2O6S. The topological polar surface area (TPSA) is 91.8 Å². The first kappa shape index (κ1) is 23.9. The van der Waals surface area contributed by atoms with Crippen LogP contribution in [0.2, 0.25) is 0 Å². The van der Waals surface area contributed by atoms with E-state index in [4.69, 9.17) is 37.6 Å². The highest BCUT2D eigenvalue weighted by atomic mass is 32.1. The quantitative estimate of drug-likeness (QED) is 0.368. The molecule has 1 saturated heterocycles. The summed E-state index contributed by atoms with van der Waals surface area (Å²) in [5.41, 5.74) is -4.10. The Bertz CT molecular complexity index is 892. The van der Waals surface area contributed by atoms with Gasteiger partial charge in [0, 0.05) is 24.8 Å².